The summed E-state index contributed by atoms with van der Waals surface area (Å²) in [6.45, 7) is 4.55. The van der Waals surface area contributed by atoms with Gasteiger partial charge in [0.25, 0.3) is 5.91 Å². The minimum Gasteiger partial charge on any atom is -0.489 e. The number of carbonyl (C=O) groups is 2. The Morgan fingerprint density at radius 3 is 2.15 bits per heavy atom. The van der Waals surface area contributed by atoms with Crippen molar-refractivity contribution in [3.8, 4) is 5.75 Å². The van der Waals surface area contributed by atoms with E-state index in [0.717, 1.165) is 10.5 Å². The third-order valence-electron chi connectivity index (χ3n) is 4.55. The van der Waals surface area contributed by atoms with Crippen LogP contribution in [0.2, 0.25) is 0 Å². The second-order valence-corrected chi connectivity index (χ2v) is 8.49. The zero-order chi connectivity index (χ0) is 24.9. The van der Waals surface area contributed by atoms with Crippen molar-refractivity contribution in [2.75, 3.05) is 11.4 Å². The van der Waals surface area contributed by atoms with E-state index in [9.17, 15) is 22.8 Å². The van der Waals surface area contributed by atoms with Gasteiger partial charge in [0.2, 0.25) is 0 Å². The van der Waals surface area contributed by atoms with E-state index >= 15 is 0 Å². The molecule has 34 heavy (non-hydrogen) atoms. The molecule has 0 N–H and O–H groups in total. The number of carbonyl (C=O) groups excluding carboxylic acids is 2. The van der Waals surface area contributed by atoms with Crippen LogP contribution in [0.5, 0.6) is 5.75 Å². The van der Waals surface area contributed by atoms with Gasteiger partial charge in [0.1, 0.15) is 47.5 Å². The van der Waals surface area contributed by atoms with Crippen LogP contribution in [0.25, 0.3) is 0 Å². The van der Waals surface area contributed by atoms with Gasteiger partial charge in [-0.15, -0.1) is 0 Å². The van der Waals surface area contributed by atoms with Gasteiger partial charge in [0.15, 0.2) is 0 Å². The number of hydrogen-bond donors (Lipinski definition) is 0. The van der Waals surface area contributed by atoms with E-state index in [2.05, 4.69) is 0 Å². The summed E-state index contributed by atoms with van der Waals surface area (Å²) < 4.78 is 53.1. The highest BCUT2D eigenvalue weighted by Gasteiger charge is 2.29. The Morgan fingerprint density at radius 1 is 0.882 bits per heavy atom. The molecule has 0 aromatic heterocycles. The van der Waals surface area contributed by atoms with Crippen LogP contribution in [0, 0.1) is 17.5 Å². The first kappa shape index (κ1) is 24.8. The van der Waals surface area contributed by atoms with Crippen molar-refractivity contribution in [2.45, 2.75) is 33.0 Å². The first-order chi connectivity index (χ1) is 16.0. The van der Waals surface area contributed by atoms with Crippen molar-refractivity contribution in [2.24, 2.45) is 0 Å². The summed E-state index contributed by atoms with van der Waals surface area (Å²) >= 11 is 0. The Hall–Kier alpha value is -3.81. The lowest BCUT2D eigenvalue weighted by molar-refractivity contribution is -0.152. The molecule has 3 aromatic rings. The highest BCUT2D eigenvalue weighted by atomic mass is 19.1. The van der Waals surface area contributed by atoms with E-state index in [-0.39, 0.29) is 12.3 Å². The van der Waals surface area contributed by atoms with Crippen LogP contribution in [-0.2, 0) is 16.1 Å². The van der Waals surface area contributed by atoms with Crippen molar-refractivity contribution < 1.29 is 32.2 Å². The number of halogens is 3. The average molecular weight is 471 g/mol. The Morgan fingerprint density at radius 2 is 1.53 bits per heavy atom. The Labute approximate surface area is 195 Å². The quantitative estimate of drug-likeness (QED) is 0.417. The first-order valence-electron chi connectivity index (χ1n) is 10.5. The molecule has 0 heterocycles. The molecule has 0 spiro atoms. The number of ether oxygens (including phenoxy) is 2. The largest absolute Gasteiger partial charge is 0.489 e. The van der Waals surface area contributed by atoms with Crippen molar-refractivity contribution in [1.82, 2.24) is 0 Å². The molecule has 0 bridgehead atoms. The lowest BCUT2D eigenvalue weighted by Gasteiger charge is -2.26. The van der Waals surface area contributed by atoms with Gasteiger partial charge in [-0.3, -0.25) is 14.5 Å². The molecule has 0 radical (unpaired) electrons. The lowest BCUT2D eigenvalue weighted by atomic mass is 10.1. The van der Waals surface area contributed by atoms with Gasteiger partial charge < -0.3 is 9.47 Å². The lowest BCUT2D eigenvalue weighted by Crippen LogP contribution is -2.39. The highest BCUT2D eigenvalue weighted by molar-refractivity contribution is 6.08. The van der Waals surface area contributed by atoms with Gasteiger partial charge >= 0.3 is 5.97 Å². The fourth-order valence-corrected chi connectivity index (χ4v) is 3.15. The number of hydrogen-bond acceptors (Lipinski definition) is 4. The minimum absolute atomic E-state index is 0.143. The van der Waals surface area contributed by atoms with Crippen LogP contribution in [0.15, 0.2) is 66.7 Å². The van der Waals surface area contributed by atoms with Crippen molar-refractivity contribution >= 4 is 17.6 Å². The van der Waals surface area contributed by atoms with E-state index in [1.165, 1.54) is 12.1 Å². The molecular formula is C26H24F3NO4. The highest BCUT2D eigenvalue weighted by Crippen LogP contribution is 2.26. The standard InChI is InChI=1S/C26H24F3NO4/c1-26(2,3)34-23(31)15-30(25(32)24-21(28)12-18(27)13-22(24)29)19-10-7-11-20(14-19)33-16-17-8-5-4-6-9-17/h4-14H,15-16H2,1-3H3. The zero-order valence-electron chi connectivity index (χ0n) is 19.0. The Balaban J connectivity index is 1.94. The van der Waals surface area contributed by atoms with Gasteiger partial charge in [-0.05, 0) is 38.5 Å². The van der Waals surface area contributed by atoms with Crippen LogP contribution in [-0.4, -0.2) is 24.0 Å². The predicted octanol–water partition coefficient (Wildman–Crippen LogP) is 5.67. The third-order valence-corrected chi connectivity index (χ3v) is 4.55. The van der Waals surface area contributed by atoms with Gasteiger partial charge in [-0.25, -0.2) is 13.2 Å². The minimum atomic E-state index is -1.38. The molecule has 8 heteroatoms. The molecule has 0 aliphatic rings. The van der Waals surface area contributed by atoms with Gasteiger partial charge in [-0.1, -0.05) is 36.4 Å². The number of amides is 1. The molecule has 3 rings (SSSR count). The summed E-state index contributed by atoms with van der Waals surface area (Å²) in [5.41, 5.74) is -0.783. The van der Waals surface area contributed by atoms with Crippen LogP contribution < -0.4 is 9.64 Å². The molecule has 0 aliphatic carbocycles. The molecule has 1 amide bonds. The maximum Gasteiger partial charge on any atom is 0.326 e. The van der Waals surface area contributed by atoms with Crippen LogP contribution in [0.4, 0.5) is 18.9 Å². The summed E-state index contributed by atoms with van der Waals surface area (Å²) in [7, 11) is 0. The summed E-state index contributed by atoms with van der Waals surface area (Å²) in [6.07, 6.45) is 0. The van der Waals surface area contributed by atoms with E-state index in [0.29, 0.717) is 17.9 Å². The monoisotopic (exact) mass is 471 g/mol. The zero-order valence-corrected chi connectivity index (χ0v) is 19.0. The fraction of sp³-hybridized carbons (Fsp3) is 0.231. The molecule has 0 saturated heterocycles. The molecule has 0 aliphatic heterocycles. The number of nitrogens with zero attached hydrogens (tertiary/aromatic N) is 1. The van der Waals surface area contributed by atoms with E-state index in [1.54, 1.807) is 32.9 Å². The molecule has 0 unspecified atom stereocenters. The summed E-state index contributed by atoms with van der Waals surface area (Å²) in [6, 6.07) is 16.3. The van der Waals surface area contributed by atoms with Crippen molar-refractivity contribution in [3.63, 3.8) is 0 Å². The molecule has 5 nitrogen and oxygen atoms in total. The van der Waals surface area contributed by atoms with Crippen molar-refractivity contribution in [3.05, 3.63) is 95.3 Å². The summed E-state index contributed by atoms with van der Waals surface area (Å²) in [4.78, 5) is 26.5. The normalized spacial score (nSPS) is 11.1. The molecular weight excluding hydrogens is 447 g/mol. The van der Waals surface area contributed by atoms with Crippen molar-refractivity contribution in [1.29, 1.82) is 0 Å². The van der Waals surface area contributed by atoms with Crippen LogP contribution >= 0.6 is 0 Å². The maximum absolute atomic E-state index is 14.4. The van der Waals surface area contributed by atoms with E-state index in [1.807, 2.05) is 30.3 Å². The second-order valence-electron chi connectivity index (χ2n) is 8.49. The third kappa shape index (κ3) is 6.60. The molecule has 0 fully saturated rings. The maximum atomic E-state index is 14.4. The number of anilines is 1. The Bertz CT molecular complexity index is 1150. The van der Waals surface area contributed by atoms with Gasteiger partial charge in [-0.2, -0.15) is 0 Å². The Kier molecular flexibility index (Phi) is 7.61. The topological polar surface area (TPSA) is 55.8 Å². The number of benzene rings is 3. The molecule has 0 atom stereocenters. The van der Waals surface area contributed by atoms with E-state index in [4.69, 9.17) is 9.47 Å². The fourth-order valence-electron chi connectivity index (χ4n) is 3.15. The summed E-state index contributed by atoms with van der Waals surface area (Å²) in [5, 5.41) is 0. The predicted molar refractivity (Wildman–Crippen MR) is 121 cm³/mol. The van der Waals surface area contributed by atoms with Crippen LogP contribution in [0.1, 0.15) is 36.7 Å². The first-order valence-corrected chi connectivity index (χ1v) is 10.5. The average Bonchev–Trinajstić information content (AvgIpc) is 2.75. The second kappa shape index (κ2) is 10.4. The molecule has 3 aromatic carbocycles. The van der Waals surface area contributed by atoms with Crippen LogP contribution in [0.3, 0.4) is 0 Å². The summed E-state index contributed by atoms with van der Waals surface area (Å²) in [5.74, 6) is -5.52. The van der Waals surface area contributed by atoms with Gasteiger partial charge in [0.05, 0.1) is 0 Å². The smallest absolute Gasteiger partial charge is 0.326 e. The SMILES string of the molecule is CC(C)(C)OC(=O)CN(C(=O)c1c(F)cc(F)cc1F)c1cccc(OCc2ccccc2)c1. The molecule has 0 saturated carbocycles. The number of esters is 1. The van der Waals surface area contributed by atoms with Gasteiger partial charge in [0, 0.05) is 23.9 Å². The van der Waals surface area contributed by atoms with E-state index < -0.39 is 47.0 Å². The number of rotatable bonds is 7. The molecule has 178 valence electrons.